The summed E-state index contributed by atoms with van der Waals surface area (Å²) in [6.45, 7) is 8.69. The lowest BCUT2D eigenvalue weighted by atomic mass is 9.80. The number of benzene rings is 2. The van der Waals surface area contributed by atoms with E-state index in [9.17, 15) is 0 Å². The topological polar surface area (TPSA) is 43.7 Å². The number of aliphatic imine (C=N–C) groups is 1. The number of rotatable bonds is 3. The van der Waals surface area contributed by atoms with E-state index in [1.165, 1.54) is 11.1 Å². The molecule has 2 aliphatic rings. The van der Waals surface area contributed by atoms with Gasteiger partial charge in [0.1, 0.15) is 5.60 Å². The van der Waals surface area contributed by atoms with E-state index >= 15 is 0 Å². The van der Waals surface area contributed by atoms with Gasteiger partial charge in [0.15, 0.2) is 11.5 Å². The summed E-state index contributed by atoms with van der Waals surface area (Å²) in [7, 11) is 1.71. The summed E-state index contributed by atoms with van der Waals surface area (Å²) in [6, 6.07) is 14.8. The minimum atomic E-state index is -0.231. The number of hydrogen-bond acceptors (Lipinski definition) is 4. The average molecular weight is 413 g/mol. The average Bonchev–Trinajstić information content (AvgIpc) is 3.08. The lowest BCUT2D eigenvalue weighted by molar-refractivity contribution is 0.134. The highest BCUT2D eigenvalue weighted by atomic mass is 16.5. The molecule has 1 aromatic heterocycles. The van der Waals surface area contributed by atoms with Crippen LogP contribution in [0.5, 0.6) is 11.5 Å². The Hall–Kier alpha value is -3.14. The molecule has 0 amide bonds. The van der Waals surface area contributed by atoms with Crippen molar-refractivity contribution in [1.82, 2.24) is 4.98 Å². The first-order chi connectivity index (χ1) is 14.8. The normalized spacial score (nSPS) is 17.9. The zero-order valence-electron chi connectivity index (χ0n) is 18.8. The van der Waals surface area contributed by atoms with Gasteiger partial charge in [-0.25, -0.2) is 0 Å². The van der Waals surface area contributed by atoms with Crippen molar-refractivity contribution in [3.05, 3.63) is 77.1 Å². The van der Waals surface area contributed by atoms with Crippen molar-refractivity contribution >= 4 is 5.71 Å². The molecule has 0 saturated heterocycles. The molecular weight excluding hydrogens is 384 g/mol. The fourth-order valence-corrected chi connectivity index (χ4v) is 4.78. The summed E-state index contributed by atoms with van der Waals surface area (Å²) >= 11 is 0. The van der Waals surface area contributed by atoms with E-state index in [2.05, 4.69) is 63.0 Å². The molecule has 4 nitrogen and oxygen atoms in total. The molecule has 4 heteroatoms. The zero-order chi connectivity index (χ0) is 21.8. The van der Waals surface area contributed by atoms with E-state index in [4.69, 9.17) is 14.5 Å². The largest absolute Gasteiger partial charge is 0.493 e. The lowest BCUT2D eigenvalue weighted by Gasteiger charge is -2.31. The van der Waals surface area contributed by atoms with Crippen LogP contribution in [0.15, 0.2) is 59.9 Å². The first kappa shape index (κ1) is 19.8. The smallest absolute Gasteiger partial charge is 0.165 e. The quantitative estimate of drug-likeness (QED) is 0.559. The molecule has 0 N–H and O–H groups in total. The van der Waals surface area contributed by atoms with E-state index in [1.807, 2.05) is 24.5 Å². The number of pyridine rings is 1. The second-order valence-corrected chi connectivity index (χ2v) is 9.72. The fourth-order valence-electron chi connectivity index (χ4n) is 4.78. The van der Waals surface area contributed by atoms with Crippen molar-refractivity contribution in [3.63, 3.8) is 0 Å². The maximum Gasteiger partial charge on any atom is 0.165 e. The maximum absolute atomic E-state index is 6.30. The Morgan fingerprint density at radius 2 is 1.61 bits per heavy atom. The standard InChI is InChI=1S/C27H28N2O2/c1-26(2)15-21-20(14-23(30-5)25-22(21)16-27(3,4)31-25)24(29-26)19-8-6-7-18(13-19)17-9-11-28-12-10-17/h6-14H,15-16H2,1-5H3. The summed E-state index contributed by atoms with van der Waals surface area (Å²) in [5.41, 5.74) is 7.78. The Bertz CT molecular complexity index is 1190. The highest BCUT2D eigenvalue weighted by molar-refractivity contribution is 6.15. The lowest BCUT2D eigenvalue weighted by Crippen LogP contribution is -2.30. The molecular formula is C27H28N2O2. The Kier molecular flexibility index (Phi) is 4.44. The molecule has 0 spiro atoms. The van der Waals surface area contributed by atoms with Gasteiger partial charge in [0.05, 0.1) is 18.4 Å². The van der Waals surface area contributed by atoms with Crippen LogP contribution in [-0.2, 0) is 12.8 Å². The minimum absolute atomic E-state index is 0.190. The SMILES string of the molecule is COc1cc2c(c3c1OC(C)(C)C3)CC(C)(C)N=C2c1cccc(-c2ccncc2)c1. The first-order valence-electron chi connectivity index (χ1n) is 10.8. The number of fused-ring (bicyclic) bond motifs is 3. The Morgan fingerprint density at radius 1 is 0.871 bits per heavy atom. The molecule has 0 fully saturated rings. The van der Waals surface area contributed by atoms with Gasteiger partial charge >= 0.3 is 0 Å². The zero-order valence-corrected chi connectivity index (χ0v) is 18.8. The van der Waals surface area contributed by atoms with Gasteiger partial charge in [-0.3, -0.25) is 9.98 Å². The van der Waals surface area contributed by atoms with E-state index in [1.54, 1.807) is 7.11 Å². The molecule has 0 atom stereocenters. The third-order valence-electron chi connectivity index (χ3n) is 6.09. The molecule has 2 aromatic carbocycles. The third-order valence-corrected chi connectivity index (χ3v) is 6.09. The highest BCUT2D eigenvalue weighted by Gasteiger charge is 2.39. The van der Waals surface area contributed by atoms with Gasteiger partial charge < -0.3 is 9.47 Å². The number of hydrogen-bond donors (Lipinski definition) is 0. The second-order valence-electron chi connectivity index (χ2n) is 9.72. The van der Waals surface area contributed by atoms with Gasteiger partial charge in [-0.2, -0.15) is 0 Å². The van der Waals surface area contributed by atoms with Crippen LogP contribution in [0.2, 0.25) is 0 Å². The van der Waals surface area contributed by atoms with Crippen LogP contribution in [0.25, 0.3) is 11.1 Å². The molecule has 31 heavy (non-hydrogen) atoms. The molecule has 5 rings (SSSR count). The number of ether oxygens (including phenoxy) is 2. The van der Waals surface area contributed by atoms with Crippen LogP contribution in [0.1, 0.15) is 49.9 Å². The summed E-state index contributed by atoms with van der Waals surface area (Å²) in [5.74, 6) is 1.69. The summed E-state index contributed by atoms with van der Waals surface area (Å²) < 4.78 is 12.1. The predicted octanol–water partition coefficient (Wildman–Crippen LogP) is 5.64. The van der Waals surface area contributed by atoms with Crippen molar-refractivity contribution in [3.8, 4) is 22.6 Å². The Balaban J connectivity index is 1.70. The third kappa shape index (κ3) is 3.50. The van der Waals surface area contributed by atoms with Gasteiger partial charge in [0, 0.05) is 35.5 Å². The van der Waals surface area contributed by atoms with Gasteiger partial charge in [-0.05, 0) is 75.1 Å². The van der Waals surface area contributed by atoms with Crippen LogP contribution in [0.4, 0.5) is 0 Å². The highest BCUT2D eigenvalue weighted by Crippen LogP contribution is 2.47. The Morgan fingerprint density at radius 3 is 2.35 bits per heavy atom. The van der Waals surface area contributed by atoms with Crippen LogP contribution in [0, 0.1) is 0 Å². The van der Waals surface area contributed by atoms with Crippen LogP contribution in [-0.4, -0.2) is 28.9 Å². The minimum Gasteiger partial charge on any atom is -0.493 e. The number of aromatic nitrogens is 1. The van der Waals surface area contributed by atoms with Crippen LogP contribution < -0.4 is 9.47 Å². The number of nitrogens with zero attached hydrogens (tertiary/aromatic N) is 2. The number of methoxy groups -OCH3 is 1. The van der Waals surface area contributed by atoms with E-state index < -0.39 is 0 Å². The monoisotopic (exact) mass is 412 g/mol. The van der Waals surface area contributed by atoms with Crippen LogP contribution in [0.3, 0.4) is 0 Å². The summed E-state index contributed by atoms with van der Waals surface area (Å²) in [5, 5.41) is 0. The second kappa shape index (κ2) is 6.94. The van der Waals surface area contributed by atoms with Crippen molar-refractivity contribution in [2.75, 3.05) is 7.11 Å². The molecule has 2 aliphatic heterocycles. The van der Waals surface area contributed by atoms with Crippen molar-refractivity contribution in [2.45, 2.75) is 51.7 Å². The fraction of sp³-hybridized carbons (Fsp3) is 0.333. The molecule has 158 valence electrons. The van der Waals surface area contributed by atoms with E-state index in [0.717, 1.165) is 52.3 Å². The van der Waals surface area contributed by atoms with Crippen molar-refractivity contribution in [1.29, 1.82) is 0 Å². The van der Waals surface area contributed by atoms with E-state index in [0.29, 0.717) is 0 Å². The summed E-state index contributed by atoms with van der Waals surface area (Å²) in [6.07, 6.45) is 5.42. The predicted molar refractivity (Wildman–Crippen MR) is 125 cm³/mol. The van der Waals surface area contributed by atoms with Crippen LogP contribution >= 0.6 is 0 Å². The first-order valence-corrected chi connectivity index (χ1v) is 10.8. The molecule has 3 aromatic rings. The van der Waals surface area contributed by atoms with Gasteiger partial charge in [0.2, 0.25) is 0 Å². The molecule has 0 bridgehead atoms. The molecule has 0 aliphatic carbocycles. The molecule has 3 heterocycles. The van der Waals surface area contributed by atoms with E-state index in [-0.39, 0.29) is 11.1 Å². The molecule has 0 radical (unpaired) electrons. The summed E-state index contributed by atoms with van der Waals surface area (Å²) in [4.78, 5) is 9.35. The Labute approximate surface area is 184 Å². The van der Waals surface area contributed by atoms with Crippen molar-refractivity contribution in [2.24, 2.45) is 4.99 Å². The van der Waals surface area contributed by atoms with Crippen molar-refractivity contribution < 1.29 is 9.47 Å². The molecule has 0 saturated carbocycles. The maximum atomic E-state index is 6.30. The van der Waals surface area contributed by atoms with Gasteiger partial charge in [-0.1, -0.05) is 18.2 Å². The van der Waals surface area contributed by atoms with Gasteiger partial charge in [-0.15, -0.1) is 0 Å². The molecule has 0 unspecified atom stereocenters. The van der Waals surface area contributed by atoms with Gasteiger partial charge in [0.25, 0.3) is 0 Å².